The normalized spacial score (nSPS) is 21.3. The van der Waals surface area contributed by atoms with Gasteiger partial charge in [0.2, 0.25) is 0 Å². The van der Waals surface area contributed by atoms with Crippen LogP contribution in [0.2, 0.25) is 18.1 Å². The van der Waals surface area contributed by atoms with Gasteiger partial charge in [-0.25, -0.2) is 0 Å². The summed E-state index contributed by atoms with van der Waals surface area (Å²) in [5.74, 6) is 0.169. The number of ketones is 1. The van der Waals surface area contributed by atoms with Crippen molar-refractivity contribution in [1.82, 2.24) is 4.90 Å². The standard InChI is InChI=1S/C33H43NO3Si/c1-32(2,3)38(4,5)37-26-33(31(35)29-20-13-8-14-21-29)30(34(33)24-27-16-9-6-10-17-27)22-15-23-36-25-28-18-11-7-12-19-28/h6-14,16-21,30H,15,22-26H2,1-5H3/t30-,33-,34?/m0/s1. The van der Waals surface area contributed by atoms with Gasteiger partial charge in [-0.2, -0.15) is 0 Å². The van der Waals surface area contributed by atoms with E-state index in [1.165, 1.54) is 11.1 Å². The summed E-state index contributed by atoms with van der Waals surface area (Å²) in [6.07, 6.45) is 1.79. The minimum Gasteiger partial charge on any atom is -0.414 e. The number of carbonyl (C=O) groups is 1. The maximum Gasteiger partial charge on any atom is 0.192 e. The molecule has 0 aromatic heterocycles. The van der Waals surface area contributed by atoms with Crippen molar-refractivity contribution < 1.29 is 14.0 Å². The van der Waals surface area contributed by atoms with Gasteiger partial charge in [-0.05, 0) is 42.1 Å². The third kappa shape index (κ3) is 6.52. The lowest BCUT2D eigenvalue weighted by Gasteiger charge is -2.37. The second-order valence-electron chi connectivity index (χ2n) is 12.0. The van der Waals surface area contributed by atoms with Gasteiger partial charge in [-0.3, -0.25) is 9.69 Å². The fourth-order valence-electron chi connectivity index (χ4n) is 4.90. The van der Waals surface area contributed by atoms with Crippen molar-refractivity contribution in [2.45, 2.75) is 76.5 Å². The van der Waals surface area contributed by atoms with E-state index in [-0.39, 0.29) is 16.9 Å². The van der Waals surface area contributed by atoms with Crippen LogP contribution in [0.1, 0.15) is 55.1 Å². The molecular weight excluding hydrogens is 486 g/mol. The minimum atomic E-state index is -2.06. The molecule has 38 heavy (non-hydrogen) atoms. The monoisotopic (exact) mass is 529 g/mol. The molecule has 4 rings (SSSR count). The summed E-state index contributed by atoms with van der Waals surface area (Å²) >= 11 is 0. The van der Waals surface area contributed by atoms with E-state index in [1.54, 1.807) is 0 Å². The van der Waals surface area contributed by atoms with Gasteiger partial charge in [0, 0.05) is 24.8 Å². The minimum absolute atomic E-state index is 0.0733. The first-order chi connectivity index (χ1) is 18.1. The van der Waals surface area contributed by atoms with Crippen LogP contribution in [0, 0.1) is 0 Å². The Morgan fingerprint density at radius 2 is 1.42 bits per heavy atom. The molecule has 1 unspecified atom stereocenters. The molecule has 0 bridgehead atoms. The summed E-state index contributed by atoms with van der Waals surface area (Å²) < 4.78 is 12.8. The van der Waals surface area contributed by atoms with Gasteiger partial charge >= 0.3 is 0 Å². The van der Waals surface area contributed by atoms with E-state index in [9.17, 15) is 4.79 Å². The summed E-state index contributed by atoms with van der Waals surface area (Å²) in [5.41, 5.74) is 2.49. The molecule has 0 amide bonds. The molecule has 3 aromatic carbocycles. The van der Waals surface area contributed by atoms with Crippen LogP contribution in [0.5, 0.6) is 0 Å². The number of nitrogens with zero attached hydrogens (tertiary/aromatic N) is 1. The molecule has 1 heterocycles. The molecule has 4 nitrogen and oxygen atoms in total. The molecule has 202 valence electrons. The van der Waals surface area contributed by atoms with Crippen LogP contribution < -0.4 is 0 Å². The van der Waals surface area contributed by atoms with Gasteiger partial charge in [-0.1, -0.05) is 112 Å². The van der Waals surface area contributed by atoms with Crippen molar-refractivity contribution in [2.24, 2.45) is 0 Å². The molecule has 0 aliphatic carbocycles. The molecule has 0 N–H and O–H groups in total. The molecule has 1 aliphatic heterocycles. The number of rotatable bonds is 13. The van der Waals surface area contributed by atoms with Gasteiger partial charge < -0.3 is 9.16 Å². The van der Waals surface area contributed by atoms with E-state index in [2.05, 4.69) is 75.2 Å². The van der Waals surface area contributed by atoms with E-state index >= 15 is 0 Å². The zero-order valence-corrected chi connectivity index (χ0v) is 24.7. The molecule has 5 heteroatoms. The highest BCUT2D eigenvalue weighted by atomic mass is 28.4. The molecular formula is C33H43NO3Si. The summed E-state index contributed by atoms with van der Waals surface area (Å²) in [6.45, 7) is 13.7. The number of carbonyl (C=O) groups excluding carboxylic acids is 1. The van der Waals surface area contributed by atoms with E-state index < -0.39 is 13.9 Å². The van der Waals surface area contributed by atoms with Crippen LogP contribution in [0.4, 0.5) is 0 Å². The highest BCUT2D eigenvalue weighted by Crippen LogP contribution is 2.49. The second-order valence-corrected chi connectivity index (χ2v) is 16.8. The summed E-state index contributed by atoms with van der Waals surface area (Å²) in [5, 5.41) is 0.0733. The predicted molar refractivity (Wildman–Crippen MR) is 158 cm³/mol. The lowest BCUT2D eigenvalue weighted by atomic mass is 9.92. The molecule has 1 saturated heterocycles. The lowest BCUT2D eigenvalue weighted by molar-refractivity contribution is 0.0853. The first-order valence-electron chi connectivity index (χ1n) is 13.8. The Labute approximate surface area is 230 Å². The maximum absolute atomic E-state index is 14.2. The maximum atomic E-state index is 14.2. The van der Waals surface area contributed by atoms with Crippen LogP contribution in [-0.2, 0) is 22.3 Å². The fourth-order valence-corrected chi connectivity index (χ4v) is 5.91. The van der Waals surface area contributed by atoms with Gasteiger partial charge in [0.25, 0.3) is 0 Å². The van der Waals surface area contributed by atoms with Crippen LogP contribution in [0.15, 0.2) is 91.0 Å². The van der Waals surface area contributed by atoms with Crippen molar-refractivity contribution in [1.29, 1.82) is 0 Å². The van der Waals surface area contributed by atoms with Crippen LogP contribution in [-0.4, -0.2) is 43.8 Å². The van der Waals surface area contributed by atoms with Crippen molar-refractivity contribution in [3.8, 4) is 0 Å². The Balaban J connectivity index is 1.54. The van der Waals surface area contributed by atoms with Crippen LogP contribution in [0.3, 0.4) is 0 Å². The predicted octanol–water partition coefficient (Wildman–Crippen LogP) is 7.51. The first kappa shape index (κ1) is 28.4. The Morgan fingerprint density at radius 3 is 2.00 bits per heavy atom. The van der Waals surface area contributed by atoms with Gasteiger partial charge in [0.15, 0.2) is 14.1 Å². The molecule has 0 radical (unpaired) electrons. The highest BCUT2D eigenvalue weighted by molar-refractivity contribution is 6.74. The summed E-state index contributed by atoms with van der Waals surface area (Å²) in [6, 6.07) is 30.6. The van der Waals surface area contributed by atoms with E-state index in [0.717, 1.165) is 24.9 Å². The lowest BCUT2D eigenvalue weighted by Crippen LogP contribution is -2.46. The smallest absolute Gasteiger partial charge is 0.192 e. The summed E-state index contributed by atoms with van der Waals surface area (Å²) in [4.78, 5) is 16.6. The average Bonchev–Trinajstić information content (AvgIpc) is 3.53. The third-order valence-corrected chi connectivity index (χ3v) is 12.8. The van der Waals surface area contributed by atoms with Crippen molar-refractivity contribution in [3.63, 3.8) is 0 Å². The van der Waals surface area contributed by atoms with E-state index in [1.807, 2.05) is 54.6 Å². The summed E-state index contributed by atoms with van der Waals surface area (Å²) in [7, 11) is -2.06. The highest BCUT2D eigenvalue weighted by Gasteiger charge is 2.67. The molecule has 0 spiro atoms. The van der Waals surface area contributed by atoms with Crippen LogP contribution >= 0.6 is 0 Å². The van der Waals surface area contributed by atoms with E-state index in [0.29, 0.717) is 19.8 Å². The number of hydrogen-bond acceptors (Lipinski definition) is 4. The topological polar surface area (TPSA) is 38.5 Å². The quantitative estimate of drug-likeness (QED) is 0.0994. The van der Waals surface area contributed by atoms with Crippen LogP contribution in [0.25, 0.3) is 0 Å². The fraction of sp³-hybridized carbons (Fsp3) is 0.424. The molecule has 1 fully saturated rings. The Morgan fingerprint density at radius 1 is 0.868 bits per heavy atom. The van der Waals surface area contributed by atoms with Gasteiger partial charge in [0.1, 0.15) is 5.54 Å². The largest absolute Gasteiger partial charge is 0.414 e. The second kappa shape index (κ2) is 12.1. The Hall–Kier alpha value is -2.57. The Bertz CT molecular complexity index is 1160. The van der Waals surface area contributed by atoms with Crippen molar-refractivity contribution in [2.75, 3.05) is 13.2 Å². The molecule has 3 atom stereocenters. The number of benzene rings is 3. The average molecular weight is 530 g/mol. The SMILES string of the molecule is CC(C)(C)[Si](C)(C)OC[C@@]1(C(=O)c2ccccc2)[C@H](CCCOCc2ccccc2)N1Cc1ccccc1. The van der Waals surface area contributed by atoms with Gasteiger partial charge in [0.05, 0.1) is 13.2 Å². The molecule has 1 aliphatic rings. The molecule has 0 saturated carbocycles. The number of hydrogen-bond donors (Lipinski definition) is 0. The van der Waals surface area contributed by atoms with Gasteiger partial charge in [-0.15, -0.1) is 0 Å². The zero-order chi connectivity index (χ0) is 27.2. The Kier molecular flexibility index (Phi) is 9.04. The van der Waals surface area contributed by atoms with E-state index in [4.69, 9.17) is 9.16 Å². The third-order valence-electron chi connectivity index (χ3n) is 8.33. The number of Topliss-reactive ketones (excluding diaryl/α,β-unsaturated/α-hetero) is 1. The first-order valence-corrected chi connectivity index (χ1v) is 16.7. The molecule has 3 aromatic rings. The van der Waals surface area contributed by atoms with Crippen molar-refractivity contribution in [3.05, 3.63) is 108 Å². The number of ether oxygens (including phenoxy) is 1. The van der Waals surface area contributed by atoms with Crippen molar-refractivity contribution >= 4 is 14.1 Å². The zero-order valence-electron chi connectivity index (χ0n) is 23.7.